The minimum Gasteiger partial charge on any atom is -0.309 e. The lowest BCUT2D eigenvalue weighted by Crippen LogP contribution is -2.30. The van der Waals surface area contributed by atoms with Gasteiger partial charge < -0.3 is 9.80 Å². The molecule has 0 saturated carbocycles. The number of nitrogens with zero attached hydrogens (tertiary/aromatic N) is 2. The molecule has 0 saturated heterocycles. The summed E-state index contributed by atoms with van der Waals surface area (Å²) in [6.07, 6.45) is 8.70. The Morgan fingerprint density at radius 2 is 0.566 bits per heavy atom. The van der Waals surface area contributed by atoms with E-state index in [2.05, 4.69) is 277 Å². The highest BCUT2D eigenvalue weighted by atomic mass is 15.2. The molecule has 0 N–H and O–H groups in total. The van der Waals surface area contributed by atoms with Crippen LogP contribution in [0.3, 0.4) is 0 Å². The minimum absolute atomic E-state index is 0.940. The van der Waals surface area contributed by atoms with Crippen molar-refractivity contribution in [2.45, 2.75) is 25.7 Å². The van der Waals surface area contributed by atoms with Gasteiger partial charge in [0.15, 0.2) is 0 Å². The monoisotopic (exact) mass is 968 g/mol. The maximum Gasteiger partial charge on any atom is 0.0540 e. The van der Waals surface area contributed by atoms with Crippen molar-refractivity contribution in [3.8, 4) is 0 Å². The van der Waals surface area contributed by atoms with E-state index in [1.165, 1.54) is 108 Å². The van der Waals surface area contributed by atoms with Crippen LogP contribution in [0.5, 0.6) is 0 Å². The maximum absolute atomic E-state index is 2.54. The second-order valence-corrected chi connectivity index (χ2v) is 20.5. The topological polar surface area (TPSA) is 6.48 Å². The first kappa shape index (κ1) is 44.0. The minimum atomic E-state index is 0.940. The molecule has 0 fully saturated rings. The summed E-state index contributed by atoms with van der Waals surface area (Å²) in [5.41, 5.74) is 12.3. The van der Waals surface area contributed by atoms with Gasteiger partial charge in [-0.3, -0.25) is 0 Å². The van der Waals surface area contributed by atoms with Crippen LogP contribution in [0, 0.1) is 0 Å². The van der Waals surface area contributed by atoms with Crippen molar-refractivity contribution in [1.29, 1.82) is 0 Å². The van der Waals surface area contributed by atoms with E-state index in [-0.39, 0.29) is 0 Å². The van der Waals surface area contributed by atoms with Crippen LogP contribution >= 0.6 is 0 Å². The molecule has 0 heterocycles. The summed E-state index contributed by atoms with van der Waals surface area (Å²) in [4.78, 5) is 5.05. The lowest BCUT2D eigenvalue weighted by molar-refractivity contribution is 1.08. The summed E-state index contributed by atoms with van der Waals surface area (Å²) in [5.74, 6) is 0. The first-order valence-electron chi connectivity index (χ1n) is 26.9. The SMILES string of the molecule is C1=c2ccccc2=C(c2c3ccc(N(c4cccc5ccccc45)c4cccc5ccccc45)cc3c(C3=c4ccccc4=CCC3)c3ccc(N(c4cccc5ccccc45)c4cccc5ccccc45)cc23)CC1. The van der Waals surface area contributed by atoms with Crippen LogP contribution < -0.4 is 30.7 Å². The van der Waals surface area contributed by atoms with Crippen molar-refractivity contribution in [3.05, 3.63) is 287 Å². The van der Waals surface area contributed by atoms with Gasteiger partial charge in [0, 0.05) is 32.9 Å². The first-order chi connectivity index (χ1) is 37.7. The molecule has 0 atom stereocenters. The molecule has 13 aromatic carbocycles. The largest absolute Gasteiger partial charge is 0.309 e. The van der Waals surface area contributed by atoms with Gasteiger partial charge in [-0.15, -0.1) is 0 Å². The summed E-state index contributed by atoms with van der Waals surface area (Å²) in [7, 11) is 0. The van der Waals surface area contributed by atoms with Crippen molar-refractivity contribution >= 4 is 122 Å². The second kappa shape index (κ2) is 18.2. The van der Waals surface area contributed by atoms with E-state index in [0.717, 1.165) is 59.8 Å². The Kier molecular flexibility index (Phi) is 10.5. The van der Waals surface area contributed by atoms with E-state index < -0.39 is 0 Å². The van der Waals surface area contributed by atoms with Crippen LogP contribution in [0.25, 0.3) is 87.9 Å². The fourth-order valence-corrected chi connectivity index (χ4v) is 13.0. The van der Waals surface area contributed by atoms with Crippen LogP contribution in [0.15, 0.2) is 255 Å². The van der Waals surface area contributed by atoms with Crippen LogP contribution in [0.1, 0.15) is 36.8 Å². The predicted octanol–water partition coefficient (Wildman–Crippen LogP) is 17.1. The summed E-state index contributed by atoms with van der Waals surface area (Å²) in [6.45, 7) is 0. The molecule has 0 aromatic heterocycles. The first-order valence-corrected chi connectivity index (χ1v) is 26.9. The zero-order chi connectivity index (χ0) is 50.1. The molecule has 2 nitrogen and oxygen atoms in total. The number of rotatable bonds is 8. The molecule has 358 valence electrons. The smallest absolute Gasteiger partial charge is 0.0540 e. The third-order valence-electron chi connectivity index (χ3n) is 16.3. The third-order valence-corrected chi connectivity index (χ3v) is 16.3. The molecule has 0 amide bonds. The third kappa shape index (κ3) is 7.17. The Hall–Kier alpha value is -9.50. The fraction of sp³-hybridized carbons (Fsp3) is 0.0541. The Morgan fingerprint density at radius 3 is 0.934 bits per heavy atom. The normalized spacial score (nSPS) is 13.2. The fourth-order valence-electron chi connectivity index (χ4n) is 13.0. The van der Waals surface area contributed by atoms with Gasteiger partial charge in [-0.05, 0) is 160 Å². The van der Waals surface area contributed by atoms with Gasteiger partial charge in [0.25, 0.3) is 0 Å². The van der Waals surface area contributed by atoms with Crippen molar-refractivity contribution in [2.24, 2.45) is 0 Å². The Labute approximate surface area is 442 Å². The standard InChI is InChI=1S/C74H52N2/c1-7-31-57-49(19-1)25-13-37-63(57)73-65-45-43-56(76(71-41-17-29-53-23-5-11-35-61(53)71)72-42-18-30-54-24-6-12-36-62(54)72)48-68(65)74(64-38-14-26-50-20-2-8-32-58(50)64)66-46-44-55(47-67(66)73)75(69-39-15-27-51-21-3-9-33-59(51)69)70-40-16-28-52-22-4-10-34-60(52)70/h1-12,15-36,39-48H,13-14,37-38H2. The molecule has 2 aliphatic carbocycles. The van der Waals surface area contributed by atoms with E-state index in [1.54, 1.807) is 0 Å². The highest BCUT2D eigenvalue weighted by Gasteiger charge is 2.26. The van der Waals surface area contributed by atoms with Crippen molar-refractivity contribution in [1.82, 2.24) is 0 Å². The highest BCUT2D eigenvalue weighted by molar-refractivity contribution is 6.19. The number of hydrogen-bond donors (Lipinski definition) is 0. The molecule has 2 aliphatic rings. The second-order valence-electron chi connectivity index (χ2n) is 20.5. The predicted molar refractivity (Wildman–Crippen MR) is 325 cm³/mol. The number of anilines is 6. The van der Waals surface area contributed by atoms with Gasteiger partial charge >= 0.3 is 0 Å². The van der Waals surface area contributed by atoms with E-state index in [4.69, 9.17) is 0 Å². The average Bonchev–Trinajstić information content (AvgIpc) is 3.51. The zero-order valence-electron chi connectivity index (χ0n) is 42.1. The van der Waals surface area contributed by atoms with E-state index in [1.807, 2.05) is 0 Å². The van der Waals surface area contributed by atoms with Gasteiger partial charge in [-0.1, -0.05) is 218 Å². The highest BCUT2D eigenvalue weighted by Crippen LogP contribution is 2.49. The molecule has 76 heavy (non-hydrogen) atoms. The Bertz CT molecular complexity index is 4310. The molecule has 0 spiro atoms. The van der Waals surface area contributed by atoms with Crippen LogP contribution in [0.2, 0.25) is 0 Å². The number of hydrogen-bond acceptors (Lipinski definition) is 2. The Balaban J connectivity index is 1.11. The van der Waals surface area contributed by atoms with E-state index in [9.17, 15) is 0 Å². The van der Waals surface area contributed by atoms with Crippen LogP contribution in [0.4, 0.5) is 34.1 Å². The number of benzene rings is 13. The zero-order valence-corrected chi connectivity index (χ0v) is 42.1. The lowest BCUT2D eigenvalue weighted by Gasteiger charge is -2.30. The molecular weight excluding hydrogens is 917 g/mol. The van der Waals surface area contributed by atoms with Gasteiger partial charge in [0.2, 0.25) is 0 Å². The summed E-state index contributed by atoms with van der Waals surface area (Å²) in [5, 5.41) is 20.0. The van der Waals surface area contributed by atoms with Gasteiger partial charge in [-0.25, -0.2) is 0 Å². The van der Waals surface area contributed by atoms with E-state index in [0.29, 0.717) is 0 Å². The molecule has 13 aromatic rings. The molecule has 15 rings (SSSR count). The molecule has 2 heteroatoms. The van der Waals surface area contributed by atoms with Gasteiger partial charge in [-0.2, -0.15) is 0 Å². The molecule has 0 unspecified atom stereocenters. The molecule has 0 radical (unpaired) electrons. The average molecular weight is 969 g/mol. The van der Waals surface area contributed by atoms with Crippen LogP contribution in [-0.2, 0) is 0 Å². The van der Waals surface area contributed by atoms with Gasteiger partial charge in [0.1, 0.15) is 0 Å². The molecule has 0 aliphatic heterocycles. The Morgan fingerprint density at radius 1 is 0.250 bits per heavy atom. The lowest BCUT2D eigenvalue weighted by atomic mass is 9.80. The van der Waals surface area contributed by atoms with E-state index >= 15 is 0 Å². The van der Waals surface area contributed by atoms with Crippen molar-refractivity contribution in [2.75, 3.05) is 9.80 Å². The summed E-state index contributed by atoms with van der Waals surface area (Å²) < 4.78 is 0. The molecule has 0 bridgehead atoms. The van der Waals surface area contributed by atoms with Gasteiger partial charge in [0.05, 0.1) is 22.7 Å². The summed E-state index contributed by atoms with van der Waals surface area (Å²) in [6, 6.07) is 95.3. The van der Waals surface area contributed by atoms with Crippen molar-refractivity contribution < 1.29 is 0 Å². The molecular formula is C74H52N2. The number of fused-ring (bicyclic) bond motifs is 8. The quantitative estimate of drug-likeness (QED) is 0.140. The maximum atomic E-state index is 2.54. The van der Waals surface area contributed by atoms with Crippen LogP contribution in [-0.4, -0.2) is 0 Å². The van der Waals surface area contributed by atoms with Crippen molar-refractivity contribution in [3.63, 3.8) is 0 Å². The summed E-state index contributed by atoms with van der Waals surface area (Å²) >= 11 is 0.